The van der Waals surface area contributed by atoms with Gasteiger partial charge in [-0.25, -0.2) is 19.9 Å². The first-order valence-corrected chi connectivity index (χ1v) is 17.5. The molecule has 6 heteroatoms. The largest absolute Gasteiger partial charge is 0.292 e. The van der Waals surface area contributed by atoms with Gasteiger partial charge in [-0.2, -0.15) is 0 Å². The molecule has 0 amide bonds. The summed E-state index contributed by atoms with van der Waals surface area (Å²) in [6.07, 6.45) is 3.83. The molecule has 0 bridgehead atoms. The predicted octanol–water partition coefficient (Wildman–Crippen LogP) is 11.2. The van der Waals surface area contributed by atoms with Crippen LogP contribution in [0.2, 0.25) is 0 Å². The molecular weight excluding hydrogens is 637 g/mol. The summed E-state index contributed by atoms with van der Waals surface area (Å²) in [5.41, 5.74) is 7.37. The number of fused-ring (bicyclic) bond motifs is 17. The minimum Gasteiger partial charge on any atom is -0.292 e. The zero-order valence-corrected chi connectivity index (χ0v) is 27.7. The van der Waals surface area contributed by atoms with E-state index in [1.165, 1.54) is 32.3 Å². The summed E-state index contributed by atoms with van der Waals surface area (Å²) in [7, 11) is 0. The van der Waals surface area contributed by atoms with E-state index in [0.717, 1.165) is 77.3 Å². The molecule has 0 atom stereocenters. The molecule has 0 saturated heterocycles. The Morgan fingerprint density at radius 3 is 0.923 bits per heavy atom. The van der Waals surface area contributed by atoms with E-state index in [-0.39, 0.29) is 0 Å². The van der Waals surface area contributed by atoms with Crippen LogP contribution in [0.25, 0.3) is 110 Å². The number of nitrogens with zero attached hydrogens (tertiary/aromatic N) is 6. The van der Waals surface area contributed by atoms with Crippen LogP contribution in [0, 0.1) is 0 Å². The highest BCUT2D eigenvalue weighted by atomic mass is 15.1. The van der Waals surface area contributed by atoms with Gasteiger partial charge in [-0.1, -0.05) is 121 Å². The average Bonchev–Trinajstić information content (AvgIpc) is 3.73. The highest BCUT2D eigenvalue weighted by Gasteiger charge is 2.22. The molecule has 0 fully saturated rings. The number of hydrogen-bond donors (Lipinski definition) is 0. The number of aromatic nitrogens is 6. The molecule has 12 rings (SSSR count). The van der Waals surface area contributed by atoms with E-state index in [9.17, 15) is 0 Å². The zero-order valence-electron chi connectivity index (χ0n) is 27.7. The van der Waals surface area contributed by atoms with Crippen LogP contribution in [0.15, 0.2) is 158 Å². The second-order valence-corrected chi connectivity index (χ2v) is 13.4. The van der Waals surface area contributed by atoms with Gasteiger partial charge in [0.05, 0.1) is 45.5 Å². The molecule has 0 aliphatic heterocycles. The third-order valence-corrected chi connectivity index (χ3v) is 10.8. The van der Waals surface area contributed by atoms with E-state index in [2.05, 4.69) is 155 Å². The van der Waals surface area contributed by atoms with Gasteiger partial charge >= 0.3 is 0 Å². The lowest BCUT2D eigenvalue weighted by atomic mass is 9.92. The first-order valence-electron chi connectivity index (χ1n) is 17.5. The van der Waals surface area contributed by atoms with Gasteiger partial charge in [0.15, 0.2) is 11.6 Å². The van der Waals surface area contributed by atoms with Crippen molar-refractivity contribution in [3.8, 4) is 11.6 Å². The van der Waals surface area contributed by atoms with Crippen molar-refractivity contribution in [3.63, 3.8) is 0 Å². The van der Waals surface area contributed by atoms with Crippen molar-refractivity contribution < 1.29 is 0 Å². The third-order valence-electron chi connectivity index (χ3n) is 10.8. The highest BCUT2D eigenvalue weighted by molar-refractivity contribution is 6.37. The first-order chi connectivity index (χ1) is 25.8. The van der Waals surface area contributed by atoms with Gasteiger partial charge in [0.1, 0.15) is 11.0 Å². The van der Waals surface area contributed by atoms with Gasteiger partial charge < -0.3 is 0 Å². The van der Waals surface area contributed by atoms with Crippen LogP contribution in [-0.2, 0) is 0 Å². The topological polar surface area (TPSA) is 61.4 Å². The lowest BCUT2D eigenvalue weighted by molar-refractivity contribution is 1.06. The van der Waals surface area contributed by atoms with E-state index >= 15 is 0 Å². The second-order valence-electron chi connectivity index (χ2n) is 13.4. The molecule has 12 aromatic rings. The minimum atomic E-state index is 0.720. The molecule has 0 N–H and O–H groups in total. The summed E-state index contributed by atoms with van der Waals surface area (Å²) >= 11 is 0. The molecule has 6 nitrogen and oxygen atoms in total. The summed E-state index contributed by atoms with van der Waals surface area (Å²) in [5.74, 6) is 1.47. The van der Waals surface area contributed by atoms with Crippen LogP contribution >= 0.6 is 0 Å². The van der Waals surface area contributed by atoms with Crippen LogP contribution in [-0.4, -0.2) is 29.1 Å². The summed E-state index contributed by atoms with van der Waals surface area (Å²) in [6, 6.07) is 51.2. The van der Waals surface area contributed by atoms with Gasteiger partial charge in [-0.15, -0.1) is 0 Å². The van der Waals surface area contributed by atoms with Gasteiger partial charge in [0.2, 0.25) is 0 Å². The van der Waals surface area contributed by atoms with Crippen LogP contribution in [0.3, 0.4) is 0 Å². The summed E-state index contributed by atoms with van der Waals surface area (Å²) in [6.45, 7) is 0. The zero-order chi connectivity index (χ0) is 33.9. The Kier molecular flexibility index (Phi) is 5.41. The molecule has 8 aromatic carbocycles. The Morgan fingerprint density at radius 1 is 0.288 bits per heavy atom. The van der Waals surface area contributed by atoms with E-state index in [4.69, 9.17) is 19.9 Å². The van der Waals surface area contributed by atoms with Crippen LogP contribution in [0.1, 0.15) is 0 Å². The molecule has 0 radical (unpaired) electrons. The standard InChI is InChI=1S/C46H26N6/c1-3-19-33-27(13-1)28-14-2-4-20-34(28)42-41(33)43-45(49-39(25-47-43)51-35-21-9-5-15-29(35)30-16-6-10-22-36(30)51)46-44(42)48-26-40(50-46)52-37-23-11-7-17-31(37)32-18-8-12-24-38(32)52/h1-26H. The Labute approximate surface area is 295 Å². The molecule has 0 saturated carbocycles. The first kappa shape index (κ1) is 27.6. The summed E-state index contributed by atoms with van der Waals surface area (Å²) in [4.78, 5) is 21.7. The molecule has 4 heterocycles. The maximum Gasteiger partial charge on any atom is 0.157 e. The summed E-state index contributed by atoms with van der Waals surface area (Å²) < 4.78 is 4.44. The van der Waals surface area contributed by atoms with Crippen molar-refractivity contribution in [1.29, 1.82) is 0 Å². The van der Waals surface area contributed by atoms with Crippen molar-refractivity contribution in [2.24, 2.45) is 0 Å². The van der Waals surface area contributed by atoms with Gasteiger partial charge in [-0.3, -0.25) is 9.13 Å². The average molecular weight is 663 g/mol. The number of benzene rings is 8. The lowest BCUT2D eigenvalue weighted by Gasteiger charge is -2.16. The molecule has 240 valence electrons. The van der Waals surface area contributed by atoms with E-state index in [1.807, 2.05) is 12.4 Å². The van der Waals surface area contributed by atoms with E-state index < -0.39 is 0 Å². The van der Waals surface area contributed by atoms with Gasteiger partial charge in [0.25, 0.3) is 0 Å². The van der Waals surface area contributed by atoms with Crippen LogP contribution < -0.4 is 0 Å². The van der Waals surface area contributed by atoms with E-state index in [0.29, 0.717) is 0 Å². The predicted molar refractivity (Wildman–Crippen MR) is 214 cm³/mol. The monoisotopic (exact) mass is 662 g/mol. The fraction of sp³-hybridized carbons (Fsp3) is 0. The third kappa shape index (κ3) is 3.57. The molecule has 0 spiro atoms. The minimum absolute atomic E-state index is 0.720. The van der Waals surface area contributed by atoms with Crippen molar-refractivity contribution >= 4 is 98.0 Å². The number of hydrogen-bond acceptors (Lipinski definition) is 4. The Bertz CT molecular complexity index is 3140. The van der Waals surface area contributed by atoms with E-state index in [1.54, 1.807) is 0 Å². The van der Waals surface area contributed by atoms with Crippen molar-refractivity contribution in [1.82, 2.24) is 29.1 Å². The molecular formula is C46H26N6. The Morgan fingerprint density at radius 2 is 0.577 bits per heavy atom. The normalized spacial score (nSPS) is 12.2. The molecule has 0 aliphatic carbocycles. The van der Waals surface area contributed by atoms with Crippen LogP contribution in [0.5, 0.6) is 0 Å². The molecule has 0 aliphatic rings. The maximum absolute atomic E-state index is 5.52. The number of para-hydroxylation sites is 4. The molecule has 52 heavy (non-hydrogen) atoms. The summed E-state index contributed by atoms with van der Waals surface area (Å²) in [5, 5.41) is 11.4. The molecule has 4 aromatic heterocycles. The van der Waals surface area contributed by atoms with Crippen molar-refractivity contribution in [2.75, 3.05) is 0 Å². The van der Waals surface area contributed by atoms with Crippen molar-refractivity contribution in [3.05, 3.63) is 158 Å². The molecule has 0 unspecified atom stereocenters. The van der Waals surface area contributed by atoms with Gasteiger partial charge in [0, 0.05) is 32.3 Å². The number of rotatable bonds is 2. The maximum atomic E-state index is 5.52. The van der Waals surface area contributed by atoms with Crippen molar-refractivity contribution in [2.45, 2.75) is 0 Å². The fourth-order valence-corrected chi connectivity index (χ4v) is 8.64. The lowest BCUT2D eigenvalue weighted by Crippen LogP contribution is -2.03. The Balaban J connectivity index is 1.28. The SMILES string of the molecule is c1ccc2c(c1)c1ccccc1c1c3ncc(-n4c5ccccc5c5ccccc54)nc3c3nc(-n4c5ccccc5c5ccccc54)cnc3c21. The fourth-order valence-electron chi connectivity index (χ4n) is 8.64. The second kappa shape index (κ2) is 10.2. The smallest absolute Gasteiger partial charge is 0.157 e. The highest BCUT2D eigenvalue weighted by Crippen LogP contribution is 2.43. The van der Waals surface area contributed by atoms with Gasteiger partial charge in [-0.05, 0) is 45.8 Å². The quantitative estimate of drug-likeness (QED) is 0.173. The Hall–Kier alpha value is -7.18. The van der Waals surface area contributed by atoms with Crippen LogP contribution in [0.4, 0.5) is 0 Å².